The molecule has 0 aliphatic heterocycles. The molecule has 1 unspecified atom stereocenters. The highest BCUT2D eigenvalue weighted by Crippen LogP contribution is 2.49. The summed E-state index contributed by atoms with van der Waals surface area (Å²) < 4.78 is 15.7. The molecule has 0 bridgehead atoms. The lowest BCUT2D eigenvalue weighted by Crippen LogP contribution is -2.29. The molecule has 1 aliphatic carbocycles. The third-order valence-corrected chi connectivity index (χ3v) is 8.92. The third kappa shape index (κ3) is 3.31. The first kappa shape index (κ1) is 24.1. The molecule has 8 aromatic rings. The number of nitrogens with two attached hydrogens (primary N) is 2. The van der Waals surface area contributed by atoms with Crippen molar-refractivity contribution in [1.29, 1.82) is 0 Å². The lowest BCUT2D eigenvalue weighted by Gasteiger charge is -2.28. The van der Waals surface area contributed by atoms with Crippen molar-refractivity contribution >= 4 is 71.4 Å². The standard InChI is InChI=1S/C38H27N3O2/c39-34(22-12-2-1-3-13-22)23-14-4-5-15-24(23)38(40)41-28-19-9-6-16-25(28)33-35(41)37-32(27-18-8-11-21-30(27)43-37)31-26-17-7-10-20-29(26)42-36(31)33/h1-21,24,38H,39-40H2/b34-23-/t24?,38-/m0/s1. The Labute approximate surface area is 246 Å². The molecule has 2 atom stereocenters. The SMILES string of the molecule is N/C(=C1/C=CC=CC1[C@@H](N)n1c2ccccc2c2c3oc4ccccc4c3c3c4ccccc4oc3c21)c1ccccc1. The normalized spacial score (nSPS) is 17.3. The van der Waals surface area contributed by atoms with Crippen molar-refractivity contribution < 1.29 is 8.83 Å². The van der Waals surface area contributed by atoms with E-state index in [1.165, 1.54) is 0 Å². The van der Waals surface area contributed by atoms with E-state index >= 15 is 0 Å². The van der Waals surface area contributed by atoms with Crippen LogP contribution < -0.4 is 11.5 Å². The molecule has 0 spiro atoms. The largest absolute Gasteiger partial charge is 0.455 e. The molecule has 1 aliphatic rings. The monoisotopic (exact) mass is 557 g/mol. The lowest BCUT2D eigenvalue weighted by molar-refractivity contribution is 0.465. The van der Waals surface area contributed by atoms with Crippen LogP contribution in [0, 0.1) is 5.92 Å². The number of rotatable bonds is 3. The number of benzene rings is 5. The van der Waals surface area contributed by atoms with Gasteiger partial charge in [0.1, 0.15) is 16.7 Å². The lowest BCUT2D eigenvalue weighted by atomic mass is 9.88. The summed E-state index contributed by atoms with van der Waals surface area (Å²) in [4.78, 5) is 0. The molecule has 0 saturated heterocycles. The zero-order chi connectivity index (χ0) is 28.7. The minimum absolute atomic E-state index is 0.185. The van der Waals surface area contributed by atoms with Gasteiger partial charge in [0, 0.05) is 38.5 Å². The first-order chi connectivity index (χ1) is 21.2. The number of allylic oxidation sites excluding steroid dienone is 3. The van der Waals surface area contributed by atoms with Gasteiger partial charge in [-0.25, -0.2) is 0 Å². The highest BCUT2D eigenvalue weighted by Gasteiger charge is 2.31. The summed E-state index contributed by atoms with van der Waals surface area (Å²) in [5, 5.41) is 6.29. The maximum atomic E-state index is 7.37. The van der Waals surface area contributed by atoms with E-state index in [4.69, 9.17) is 20.3 Å². The van der Waals surface area contributed by atoms with Crippen LogP contribution in [0.25, 0.3) is 71.4 Å². The molecule has 0 amide bonds. The van der Waals surface area contributed by atoms with Crippen LogP contribution in [0.5, 0.6) is 0 Å². The topological polar surface area (TPSA) is 83.2 Å². The summed E-state index contributed by atoms with van der Waals surface area (Å²) in [7, 11) is 0. The van der Waals surface area contributed by atoms with Crippen molar-refractivity contribution in [1.82, 2.24) is 4.57 Å². The van der Waals surface area contributed by atoms with E-state index in [1.54, 1.807) is 0 Å². The summed E-state index contributed by atoms with van der Waals surface area (Å²) in [6.45, 7) is 0. The van der Waals surface area contributed by atoms with E-state index < -0.39 is 6.17 Å². The maximum Gasteiger partial charge on any atom is 0.160 e. The Morgan fingerprint density at radius 2 is 1.26 bits per heavy atom. The predicted molar refractivity (Wildman–Crippen MR) is 177 cm³/mol. The fourth-order valence-corrected chi connectivity index (χ4v) is 7.03. The Kier molecular flexibility index (Phi) is 5.04. The number of fused-ring (bicyclic) bond motifs is 12. The van der Waals surface area contributed by atoms with Crippen molar-refractivity contribution in [2.45, 2.75) is 6.17 Å². The van der Waals surface area contributed by atoms with Gasteiger partial charge in [0.15, 0.2) is 5.58 Å². The first-order valence-electron chi connectivity index (χ1n) is 14.5. The van der Waals surface area contributed by atoms with Gasteiger partial charge in [-0.3, -0.25) is 0 Å². The van der Waals surface area contributed by atoms with Crippen molar-refractivity contribution in [3.05, 3.63) is 139 Å². The number of furan rings is 2. The summed E-state index contributed by atoms with van der Waals surface area (Å²) in [5.41, 5.74) is 22.1. The third-order valence-electron chi connectivity index (χ3n) is 8.92. The number of nitrogens with zero attached hydrogens (tertiary/aromatic N) is 1. The van der Waals surface area contributed by atoms with E-state index in [-0.39, 0.29) is 5.92 Å². The van der Waals surface area contributed by atoms with Gasteiger partial charge in [-0.2, -0.15) is 0 Å². The van der Waals surface area contributed by atoms with E-state index in [0.29, 0.717) is 0 Å². The average molecular weight is 558 g/mol. The van der Waals surface area contributed by atoms with Crippen molar-refractivity contribution in [2.24, 2.45) is 17.4 Å². The quantitative estimate of drug-likeness (QED) is 0.227. The van der Waals surface area contributed by atoms with Crippen LogP contribution in [0.15, 0.2) is 142 Å². The molecule has 43 heavy (non-hydrogen) atoms. The molecule has 0 fully saturated rings. The second-order valence-electron chi connectivity index (χ2n) is 11.2. The molecule has 5 aromatic carbocycles. The van der Waals surface area contributed by atoms with Crippen LogP contribution in [0.1, 0.15) is 11.7 Å². The maximum absolute atomic E-state index is 7.37. The summed E-state index contributed by atoms with van der Waals surface area (Å²) in [5.74, 6) is -0.185. The number of hydrogen-bond donors (Lipinski definition) is 2. The van der Waals surface area contributed by atoms with Crippen LogP contribution in [-0.2, 0) is 0 Å². The zero-order valence-corrected chi connectivity index (χ0v) is 23.2. The average Bonchev–Trinajstić information content (AvgIpc) is 3.74. The smallest absolute Gasteiger partial charge is 0.160 e. The number of hydrogen-bond acceptors (Lipinski definition) is 4. The van der Waals surface area contributed by atoms with Gasteiger partial charge in [0.25, 0.3) is 0 Å². The van der Waals surface area contributed by atoms with Crippen LogP contribution in [0.3, 0.4) is 0 Å². The predicted octanol–water partition coefficient (Wildman–Crippen LogP) is 9.16. The molecule has 5 nitrogen and oxygen atoms in total. The van der Waals surface area contributed by atoms with Crippen LogP contribution in [0.4, 0.5) is 0 Å². The molecular formula is C38H27N3O2. The Bertz CT molecular complexity index is 2490. The minimum atomic E-state index is -0.487. The van der Waals surface area contributed by atoms with Gasteiger partial charge in [-0.05, 0) is 29.3 Å². The Morgan fingerprint density at radius 1 is 0.651 bits per heavy atom. The highest BCUT2D eigenvalue weighted by atomic mass is 16.3. The van der Waals surface area contributed by atoms with Gasteiger partial charge in [-0.1, -0.05) is 109 Å². The molecule has 4 N–H and O–H groups in total. The van der Waals surface area contributed by atoms with Crippen LogP contribution in [-0.4, -0.2) is 4.57 Å². The highest BCUT2D eigenvalue weighted by molar-refractivity contribution is 6.37. The first-order valence-corrected chi connectivity index (χ1v) is 14.5. The summed E-state index contributed by atoms with van der Waals surface area (Å²) in [6.07, 6.45) is 7.81. The molecular weight excluding hydrogens is 530 g/mol. The van der Waals surface area contributed by atoms with Gasteiger partial charge >= 0.3 is 0 Å². The molecule has 3 aromatic heterocycles. The minimum Gasteiger partial charge on any atom is -0.455 e. The van der Waals surface area contributed by atoms with E-state index in [0.717, 1.165) is 82.5 Å². The van der Waals surface area contributed by atoms with Crippen molar-refractivity contribution in [3.8, 4) is 0 Å². The molecule has 3 heterocycles. The molecule has 0 saturated carbocycles. The fourth-order valence-electron chi connectivity index (χ4n) is 7.03. The summed E-state index contributed by atoms with van der Waals surface area (Å²) >= 11 is 0. The Morgan fingerprint density at radius 3 is 2.00 bits per heavy atom. The number of aromatic nitrogens is 1. The van der Waals surface area contributed by atoms with E-state index in [9.17, 15) is 0 Å². The molecule has 5 heteroatoms. The number of para-hydroxylation sites is 3. The van der Waals surface area contributed by atoms with Crippen molar-refractivity contribution in [3.63, 3.8) is 0 Å². The van der Waals surface area contributed by atoms with Gasteiger partial charge in [-0.15, -0.1) is 0 Å². The van der Waals surface area contributed by atoms with E-state index in [1.807, 2.05) is 60.7 Å². The zero-order valence-electron chi connectivity index (χ0n) is 23.2. The molecule has 0 radical (unpaired) electrons. The second-order valence-corrected chi connectivity index (χ2v) is 11.2. The molecule has 9 rings (SSSR count). The summed E-state index contributed by atoms with van der Waals surface area (Å²) in [6, 6.07) is 34.9. The van der Waals surface area contributed by atoms with Gasteiger partial charge < -0.3 is 24.9 Å². The van der Waals surface area contributed by atoms with Gasteiger partial charge in [0.2, 0.25) is 0 Å². The fraction of sp³-hybridized carbons (Fsp3) is 0.0526. The van der Waals surface area contributed by atoms with Crippen molar-refractivity contribution in [2.75, 3.05) is 0 Å². The Hall–Kier alpha value is -5.52. The Balaban J connectivity index is 1.44. The van der Waals surface area contributed by atoms with E-state index in [2.05, 4.69) is 71.3 Å². The van der Waals surface area contributed by atoms with Crippen LogP contribution >= 0.6 is 0 Å². The van der Waals surface area contributed by atoms with Gasteiger partial charge in [0.05, 0.1) is 22.6 Å². The molecule has 206 valence electrons. The second kappa shape index (κ2) is 8.99. The van der Waals surface area contributed by atoms with Crippen LogP contribution in [0.2, 0.25) is 0 Å².